The zero-order chi connectivity index (χ0) is 21.8. The van der Waals surface area contributed by atoms with E-state index in [1.165, 1.54) is 27.6 Å². The monoisotopic (exact) mass is 452 g/mol. The fourth-order valence-electron chi connectivity index (χ4n) is 5.67. The van der Waals surface area contributed by atoms with Gasteiger partial charge in [0.1, 0.15) is 18.2 Å². The van der Waals surface area contributed by atoms with E-state index in [0.29, 0.717) is 0 Å². The summed E-state index contributed by atoms with van der Waals surface area (Å²) in [6, 6.07) is 28.4. The summed E-state index contributed by atoms with van der Waals surface area (Å²) < 4.78 is 12.8. The topological polar surface area (TPSA) is 43.2 Å². The molecule has 0 bridgehead atoms. The number of rotatable bonds is 5. The van der Waals surface area contributed by atoms with E-state index in [4.69, 9.17) is 19.5 Å². The van der Waals surface area contributed by atoms with Crippen LogP contribution in [-0.2, 0) is 22.3 Å². The molecule has 2 aliphatic heterocycles. The largest absolute Gasteiger partial charge is 0.474 e. The van der Waals surface area contributed by atoms with Gasteiger partial charge in [-0.25, -0.2) is 9.98 Å². The molecule has 2 heterocycles. The van der Waals surface area contributed by atoms with Gasteiger partial charge in [-0.05, 0) is 34.0 Å². The smallest absolute Gasteiger partial charge is 0.189 e. The Labute approximate surface area is 195 Å². The highest BCUT2D eigenvalue weighted by atomic mass is 31.1. The van der Waals surface area contributed by atoms with Crippen molar-refractivity contribution in [1.29, 1.82) is 0 Å². The first-order valence-electron chi connectivity index (χ1n) is 11.7. The van der Waals surface area contributed by atoms with Gasteiger partial charge in [-0.2, -0.15) is 0 Å². The van der Waals surface area contributed by atoms with E-state index in [-0.39, 0.29) is 24.3 Å². The number of fused-ring (bicyclic) bond motifs is 6. The Bertz CT molecular complexity index is 1270. The Morgan fingerprint density at radius 1 is 0.697 bits per heavy atom. The second-order valence-corrected chi connectivity index (χ2v) is 11.5. The molecule has 33 heavy (non-hydrogen) atoms. The molecular weight excluding hydrogens is 427 g/mol. The molecule has 0 spiro atoms. The van der Waals surface area contributed by atoms with Crippen LogP contribution in [0.2, 0.25) is 0 Å². The summed E-state index contributed by atoms with van der Waals surface area (Å²) in [5, 5.41) is 1.35. The van der Waals surface area contributed by atoms with Gasteiger partial charge in [0.2, 0.25) is 0 Å². The molecule has 0 N–H and O–H groups in total. The van der Waals surface area contributed by atoms with Crippen LogP contribution in [0.25, 0.3) is 0 Å². The molecule has 3 aromatic carbocycles. The average molecular weight is 452 g/mol. The van der Waals surface area contributed by atoms with E-state index < -0.39 is 7.92 Å². The van der Waals surface area contributed by atoms with Gasteiger partial charge in [0.15, 0.2) is 11.8 Å². The minimum absolute atomic E-state index is 0.0831. The van der Waals surface area contributed by atoms with Gasteiger partial charge >= 0.3 is 0 Å². The van der Waals surface area contributed by atoms with Crippen LogP contribution in [0.5, 0.6) is 0 Å². The van der Waals surface area contributed by atoms with E-state index in [1.54, 1.807) is 0 Å². The standard InChI is InChI=1S/C28H25N2O2P/c1-2-10-20(11-3-1)33(16-25-29-23-14-18-8-5-7-13-22(18)28(23)32-25)17-26-30-27-21-12-6-4-9-19(21)15-24(27)31-26/h1-13,23-24,27-28H,14-17H2/t23-,24-,27+,28+,33?/m0/s1. The van der Waals surface area contributed by atoms with Crippen molar-refractivity contribution in [2.75, 3.05) is 12.3 Å². The van der Waals surface area contributed by atoms with Gasteiger partial charge in [-0.1, -0.05) is 86.8 Å². The van der Waals surface area contributed by atoms with Crippen molar-refractivity contribution < 1.29 is 9.47 Å². The fourth-order valence-corrected chi connectivity index (χ4v) is 7.71. The van der Waals surface area contributed by atoms with Gasteiger partial charge in [0.25, 0.3) is 0 Å². The quantitative estimate of drug-likeness (QED) is 0.513. The van der Waals surface area contributed by atoms with Crippen molar-refractivity contribution in [1.82, 2.24) is 0 Å². The second-order valence-electron chi connectivity index (χ2n) is 9.25. The highest BCUT2D eigenvalue weighted by Gasteiger charge is 2.41. The maximum Gasteiger partial charge on any atom is 0.189 e. The van der Waals surface area contributed by atoms with Gasteiger partial charge in [-0.15, -0.1) is 0 Å². The first-order valence-corrected chi connectivity index (χ1v) is 13.5. The summed E-state index contributed by atoms with van der Waals surface area (Å²) in [5.41, 5.74) is 5.39. The molecule has 0 fully saturated rings. The van der Waals surface area contributed by atoms with Gasteiger partial charge in [0, 0.05) is 18.7 Å². The van der Waals surface area contributed by atoms with E-state index in [2.05, 4.69) is 78.9 Å². The molecule has 0 saturated carbocycles. The van der Waals surface area contributed by atoms with Crippen molar-refractivity contribution in [3.05, 3.63) is 101 Å². The molecule has 7 rings (SSSR count). The van der Waals surface area contributed by atoms with Crippen molar-refractivity contribution in [2.24, 2.45) is 9.98 Å². The Hall–Kier alpha value is -2.97. The molecule has 5 heteroatoms. The molecule has 2 aliphatic carbocycles. The first-order chi connectivity index (χ1) is 16.3. The second kappa shape index (κ2) is 7.81. The van der Waals surface area contributed by atoms with Crippen LogP contribution in [-0.4, -0.2) is 36.3 Å². The fraction of sp³-hybridized carbons (Fsp3) is 0.286. The summed E-state index contributed by atoms with van der Waals surface area (Å²) >= 11 is 0. The van der Waals surface area contributed by atoms with Gasteiger partial charge in [-0.3, -0.25) is 0 Å². The summed E-state index contributed by atoms with van der Waals surface area (Å²) in [4.78, 5) is 10.1. The lowest BCUT2D eigenvalue weighted by Gasteiger charge is -2.19. The molecule has 4 nitrogen and oxygen atoms in total. The van der Waals surface area contributed by atoms with E-state index in [1.807, 2.05) is 0 Å². The van der Waals surface area contributed by atoms with Crippen molar-refractivity contribution in [3.63, 3.8) is 0 Å². The number of hydrogen-bond donors (Lipinski definition) is 0. The third-order valence-electron chi connectivity index (χ3n) is 7.20. The molecular formula is C28H25N2O2P. The predicted molar refractivity (Wildman–Crippen MR) is 133 cm³/mol. The zero-order valence-electron chi connectivity index (χ0n) is 18.3. The third kappa shape index (κ3) is 3.40. The Morgan fingerprint density at radius 3 is 2.18 bits per heavy atom. The molecule has 5 atom stereocenters. The molecule has 0 aromatic heterocycles. The lowest BCUT2D eigenvalue weighted by Crippen LogP contribution is -2.20. The van der Waals surface area contributed by atoms with Crippen LogP contribution < -0.4 is 5.30 Å². The first kappa shape index (κ1) is 19.5. The van der Waals surface area contributed by atoms with Gasteiger partial charge < -0.3 is 9.47 Å². The minimum atomic E-state index is -0.562. The maximum atomic E-state index is 6.43. The van der Waals surface area contributed by atoms with Crippen LogP contribution in [0, 0.1) is 0 Å². The summed E-state index contributed by atoms with van der Waals surface area (Å²) in [7, 11) is -0.562. The number of ether oxygens (including phenoxy) is 2. The predicted octanol–water partition coefficient (Wildman–Crippen LogP) is 4.98. The maximum absolute atomic E-state index is 6.43. The van der Waals surface area contributed by atoms with Crippen molar-refractivity contribution in [3.8, 4) is 0 Å². The Kier molecular flexibility index (Phi) is 4.62. The lowest BCUT2D eigenvalue weighted by molar-refractivity contribution is 0.204. The molecule has 3 aromatic rings. The number of aliphatic imine (C=N–C) groups is 2. The Morgan fingerprint density at radius 2 is 1.36 bits per heavy atom. The van der Waals surface area contributed by atoms with Gasteiger partial charge in [0.05, 0.1) is 6.04 Å². The SMILES string of the molecule is c1ccc(P(CC2=N[C@@H]3c4ccccc4C[C@@H]3O2)CC2=N[C@H]3Cc4ccccc4[C@H]3O2)cc1. The lowest BCUT2D eigenvalue weighted by atomic mass is 10.1. The molecule has 0 radical (unpaired) electrons. The highest BCUT2D eigenvalue weighted by Crippen LogP contribution is 2.45. The van der Waals surface area contributed by atoms with E-state index >= 15 is 0 Å². The van der Waals surface area contributed by atoms with E-state index in [0.717, 1.165) is 37.0 Å². The minimum Gasteiger partial charge on any atom is -0.474 e. The van der Waals surface area contributed by atoms with Crippen molar-refractivity contribution in [2.45, 2.75) is 37.1 Å². The summed E-state index contributed by atoms with van der Waals surface area (Å²) in [6.07, 6.45) is 3.84. The zero-order valence-corrected chi connectivity index (χ0v) is 19.2. The number of benzene rings is 3. The van der Waals surface area contributed by atoms with Crippen LogP contribution in [0.15, 0.2) is 88.8 Å². The molecule has 4 aliphatic rings. The molecule has 164 valence electrons. The Balaban J connectivity index is 1.12. The summed E-state index contributed by atoms with van der Waals surface area (Å²) in [6.45, 7) is 0. The highest BCUT2D eigenvalue weighted by molar-refractivity contribution is 7.67. The molecule has 1 unspecified atom stereocenters. The molecule has 0 saturated heterocycles. The number of nitrogens with zero attached hydrogens (tertiary/aromatic N) is 2. The number of hydrogen-bond acceptors (Lipinski definition) is 4. The van der Waals surface area contributed by atoms with Crippen molar-refractivity contribution >= 4 is 25.0 Å². The third-order valence-corrected chi connectivity index (χ3v) is 9.54. The van der Waals surface area contributed by atoms with Crippen LogP contribution in [0.1, 0.15) is 34.4 Å². The average Bonchev–Trinajstić information content (AvgIpc) is 3.58. The van der Waals surface area contributed by atoms with Crippen LogP contribution >= 0.6 is 7.92 Å². The van der Waals surface area contributed by atoms with E-state index in [9.17, 15) is 0 Å². The van der Waals surface area contributed by atoms with Crippen LogP contribution in [0.3, 0.4) is 0 Å². The van der Waals surface area contributed by atoms with Crippen LogP contribution in [0.4, 0.5) is 0 Å². The summed E-state index contributed by atoms with van der Waals surface area (Å²) in [5.74, 6) is 1.80. The normalized spacial score (nSPS) is 26.9. The molecule has 0 amide bonds.